The van der Waals surface area contributed by atoms with Crippen molar-refractivity contribution in [2.75, 3.05) is 27.2 Å². The highest BCUT2D eigenvalue weighted by Crippen LogP contribution is 2.25. The van der Waals surface area contributed by atoms with Crippen LogP contribution in [0, 0.1) is 6.92 Å². The molecular weight excluding hydrogens is 394 g/mol. The number of carbonyl (C=O) groups is 4. The van der Waals surface area contributed by atoms with Gasteiger partial charge in [-0.25, -0.2) is 4.79 Å². The number of hydrogen-bond acceptors (Lipinski definition) is 7. The van der Waals surface area contributed by atoms with Crippen LogP contribution in [0.25, 0.3) is 0 Å². The van der Waals surface area contributed by atoms with E-state index in [1.54, 1.807) is 33.8 Å². The molecule has 3 N–H and O–H groups in total. The van der Waals surface area contributed by atoms with Gasteiger partial charge in [-0.3, -0.25) is 14.4 Å². The number of hydrogen-bond donors (Lipinski definition) is 3. The largest absolute Gasteiger partial charge is 0.508 e. The van der Waals surface area contributed by atoms with Gasteiger partial charge in [0.1, 0.15) is 30.5 Å². The number of nitrogens with zero attached hydrogens (tertiary/aromatic N) is 1. The topological polar surface area (TPSA) is 134 Å². The average molecular weight is 423 g/mol. The Morgan fingerprint density at radius 2 is 1.77 bits per heavy atom. The quantitative estimate of drug-likeness (QED) is 0.557. The number of aryl methyl sites for hydroxylation is 1. The number of methoxy groups -OCH3 is 1. The highest BCUT2D eigenvalue weighted by Gasteiger charge is 2.30. The second kappa shape index (κ2) is 10.5. The first-order valence-electron chi connectivity index (χ1n) is 9.22. The van der Waals surface area contributed by atoms with Gasteiger partial charge < -0.3 is 30.1 Å². The fraction of sp³-hybridized carbons (Fsp3) is 0.500. The van der Waals surface area contributed by atoms with Gasteiger partial charge in [-0.15, -0.1) is 0 Å². The second-order valence-corrected chi connectivity index (χ2v) is 7.60. The zero-order chi connectivity index (χ0) is 23.1. The average Bonchev–Trinajstić information content (AvgIpc) is 2.65. The van der Waals surface area contributed by atoms with Crippen LogP contribution in [0.15, 0.2) is 18.2 Å². The monoisotopic (exact) mass is 423 g/mol. The number of phenolic OH excluding ortho intramolecular Hbond substituents is 1. The molecule has 3 amide bonds. The van der Waals surface area contributed by atoms with E-state index in [9.17, 15) is 24.3 Å². The van der Waals surface area contributed by atoms with E-state index >= 15 is 0 Å². The molecule has 0 aromatic heterocycles. The van der Waals surface area contributed by atoms with Gasteiger partial charge >= 0.3 is 12.1 Å². The number of aromatic hydroxyl groups is 1. The van der Waals surface area contributed by atoms with Crippen LogP contribution < -0.4 is 10.6 Å². The Labute approximate surface area is 175 Å². The summed E-state index contributed by atoms with van der Waals surface area (Å²) in [7, 11) is 2.58. The van der Waals surface area contributed by atoms with E-state index in [-0.39, 0.29) is 12.3 Å². The molecule has 0 fully saturated rings. The summed E-state index contributed by atoms with van der Waals surface area (Å²) in [4.78, 5) is 49.6. The lowest BCUT2D eigenvalue weighted by molar-refractivity contribution is -0.143. The number of nitrogens with one attached hydrogen (secondary N) is 2. The van der Waals surface area contributed by atoms with Crippen molar-refractivity contribution in [3.8, 4) is 5.75 Å². The Bertz CT molecular complexity index is 802. The van der Waals surface area contributed by atoms with Crippen molar-refractivity contribution in [2.24, 2.45) is 0 Å². The molecular formula is C20H29N3O7. The van der Waals surface area contributed by atoms with Crippen molar-refractivity contribution in [1.82, 2.24) is 15.5 Å². The third kappa shape index (κ3) is 7.61. The second-order valence-electron chi connectivity index (χ2n) is 7.60. The summed E-state index contributed by atoms with van der Waals surface area (Å²) in [5, 5.41) is 14.5. The van der Waals surface area contributed by atoms with Crippen LogP contribution in [-0.4, -0.2) is 66.7 Å². The van der Waals surface area contributed by atoms with Crippen LogP contribution in [0.3, 0.4) is 0 Å². The number of alkyl carbamates (subject to hydrolysis) is 1. The van der Waals surface area contributed by atoms with E-state index in [1.165, 1.54) is 26.3 Å². The minimum absolute atomic E-state index is 0.0352. The smallest absolute Gasteiger partial charge is 0.408 e. The summed E-state index contributed by atoms with van der Waals surface area (Å²) in [6.45, 7) is 5.94. The molecule has 0 saturated carbocycles. The fourth-order valence-electron chi connectivity index (χ4n) is 2.46. The lowest BCUT2D eigenvalue weighted by Gasteiger charge is -2.28. The first kappa shape index (κ1) is 24.7. The molecule has 0 saturated heterocycles. The Morgan fingerprint density at radius 3 is 2.30 bits per heavy atom. The zero-order valence-corrected chi connectivity index (χ0v) is 18.1. The summed E-state index contributed by atoms with van der Waals surface area (Å²) in [6.07, 6.45) is -0.767. The number of ether oxygens (including phenoxy) is 2. The number of rotatable bonds is 7. The molecule has 1 aromatic rings. The lowest BCUT2D eigenvalue weighted by Crippen LogP contribution is -2.46. The van der Waals surface area contributed by atoms with Gasteiger partial charge in [-0.1, -0.05) is 6.07 Å². The molecule has 1 rings (SSSR count). The molecule has 10 nitrogen and oxygen atoms in total. The van der Waals surface area contributed by atoms with Crippen LogP contribution in [0.4, 0.5) is 4.79 Å². The molecule has 1 atom stereocenters. The minimum Gasteiger partial charge on any atom is -0.508 e. The van der Waals surface area contributed by atoms with E-state index < -0.39 is 42.1 Å². The molecule has 166 valence electrons. The van der Waals surface area contributed by atoms with Crippen molar-refractivity contribution in [1.29, 1.82) is 0 Å². The Balaban J connectivity index is 3.00. The Morgan fingerprint density at radius 1 is 1.13 bits per heavy atom. The summed E-state index contributed by atoms with van der Waals surface area (Å²) in [6, 6.07) is 3.35. The van der Waals surface area contributed by atoms with E-state index in [4.69, 9.17) is 4.74 Å². The normalized spacial score (nSPS) is 11.8. The molecule has 30 heavy (non-hydrogen) atoms. The van der Waals surface area contributed by atoms with E-state index in [0.717, 1.165) is 4.90 Å². The predicted molar refractivity (Wildman–Crippen MR) is 108 cm³/mol. The van der Waals surface area contributed by atoms with Crippen molar-refractivity contribution in [3.63, 3.8) is 0 Å². The number of carbonyl (C=O) groups excluding carboxylic acids is 4. The molecule has 1 unspecified atom stereocenters. The van der Waals surface area contributed by atoms with E-state index in [2.05, 4.69) is 15.4 Å². The summed E-state index contributed by atoms with van der Waals surface area (Å²) in [5.41, 5.74) is 0.200. The SMILES string of the molecule is COC(=O)CNC(=O)C(c1ccc(O)c(C)c1)N(C)C(=O)CNC(=O)OC(C)(C)C. The minimum atomic E-state index is -1.11. The first-order chi connectivity index (χ1) is 13.9. The lowest BCUT2D eigenvalue weighted by atomic mass is 10.0. The van der Waals surface area contributed by atoms with Crippen LogP contribution in [0.5, 0.6) is 5.75 Å². The number of likely N-dealkylation sites (N-methyl/N-ethyl adjacent to an activating group) is 1. The van der Waals surface area contributed by atoms with Crippen molar-refractivity contribution in [3.05, 3.63) is 29.3 Å². The van der Waals surface area contributed by atoms with Crippen LogP contribution >= 0.6 is 0 Å². The van der Waals surface area contributed by atoms with E-state index in [0.29, 0.717) is 11.1 Å². The van der Waals surface area contributed by atoms with E-state index in [1.807, 2.05) is 0 Å². The van der Waals surface area contributed by atoms with Gasteiger partial charge in [-0.05, 0) is 51.0 Å². The summed E-state index contributed by atoms with van der Waals surface area (Å²) < 4.78 is 9.59. The Kier molecular flexibility index (Phi) is 8.63. The third-order valence-corrected chi connectivity index (χ3v) is 3.98. The molecule has 1 aromatic carbocycles. The summed E-state index contributed by atoms with van der Waals surface area (Å²) >= 11 is 0. The van der Waals surface area contributed by atoms with Gasteiger partial charge in [0.25, 0.3) is 0 Å². The first-order valence-corrected chi connectivity index (χ1v) is 9.22. The van der Waals surface area contributed by atoms with Crippen LogP contribution in [0.2, 0.25) is 0 Å². The molecule has 0 spiro atoms. The molecule has 10 heteroatoms. The predicted octanol–water partition coefficient (Wildman–Crippen LogP) is 1.01. The molecule has 0 aliphatic heterocycles. The van der Waals surface area contributed by atoms with Gasteiger partial charge in [-0.2, -0.15) is 0 Å². The standard InChI is InChI=1S/C20H29N3O7/c1-12-9-13(7-8-14(12)24)17(18(27)21-11-16(26)29-6)23(5)15(25)10-22-19(28)30-20(2,3)4/h7-9,17,24H,10-11H2,1-6H3,(H,21,27)(H,22,28). The highest BCUT2D eigenvalue weighted by molar-refractivity contribution is 5.91. The zero-order valence-electron chi connectivity index (χ0n) is 18.1. The number of phenols is 1. The maximum atomic E-state index is 12.7. The molecule has 0 bridgehead atoms. The number of amides is 3. The number of benzene rings is 1. The van der Waals surface area contributed by atoms with Gasteiger partial charge in [0, 0.05) is 7.05 Å². The molecule has 0 aliphatic rings. The van der Waals surface area contributed by atoms with Crippen LogP contribution in [-0.2, 0) is 23.9 Å². The molecule has 0 radical (unpaired) electrons. The maximum Gasteiger partial charge on any atom is 0.408 e. The van der Waals surface area contributed by atoms with Crippen molar-refractivity contribution in [2.45, 2.75) is 39.3 Å². The van der Waals surface area contributed by atoms with Gasteiger partial charge in [0.05, 0.1) is 7.11 Å². The van der Waals surface area contributed by atoms with Crippen LogP contribution in [0.1, 0.15) is 37.9 Å². The van der Waals surface area contributed by atoms with Crippen molar-refractivity contribution < 1.29 is 33.8 Å². The van der Waals surface area contributed by atoms with Crippen molar-refractivity contribution >= 4 is 23.9 Å². The maximum absolute atomic E-state index is 12.7. The molecule has 0 heterocycles. The van der Waals surface area contributed by atoms with Gasteiger partial charge in [0.2, 0.25) is 11.8 Å². The molecule has 0 aliphatic carbocycles. The Hall–Kier alpha value is -3.30. The fourth-order valence-corrected chi connectivity index (χ4v) is 2.46. The summed E-state index contributed by atoms with van der Waals surface area (Å²) in [5.74, 6) is -1.80. The highest BCUT2D eigenvalue weighted by atomic mass is 16.6. The third-order valence-electron chi connectivity index (χ3n) is 3.98. The van der Waals surface area contributed by atoms with Gasteiger partial charge in [0.15, 0.2) is 0 Å². The number of esters is 1.